The van der Waals surface area contributed by atoms with Gasteiger partial charge in [0.1, 0.15) is 6.04 Å². The Morgan fingerprint density at radius 1 is 1.28 bits per heavy atom. The van der Waals surface area contributed by atoms with Crippen molar-refractivity contribution in [2.75, 3.05) is 13.6 Å². The molecule has 0 aromatic heterocycles. The van der Waals surface area contributed by atoms with Gasteiger partial charge < -0.3 is 0 Å². The van der Waals surface area contributed by atoms with Crippen LogP contribution in [0, 0.1) is 11.3 Å². The number of nitriles is 1. The van der Waals surface area contributed by atoms with Crippen molar-refractivity contribution in [3.8, 4) is 6.07 Å². The predicted octanol–water partition coefficient (Wildman–Crippen LogP) is 2.40. The van der Waals surface area contributed by atoms with Crippen LogP contribution in [0.25, 0.3) is 0 Å². The Labute approximate surface area is 110 Å². The van der Waals surface area contributed by atoms with Crippen LogP contribution in [0.5, 0.6) is 0 Å². The molecule has 1 rings (SSSR count). The molecule has 18 heavy (non-hydrogen) atoms. The summed E-state index contributed by atoms with van der Waals surface area (Å²) in [6.45, 7) is 7.82. The van der Waals surface area contributed by atoms with Gasteiger partial charge >= 0.3 is 0 Å². The van der Waals surface area contributed by atoms with Crippen molar-refractivity contribution in [2.45, 2.75) is 38.9 Å². The molecule has 3 nitrogen and oxygen atoms in total. The second-order valence-corrected chi connectivity index (χ2v) is 5.76. The second-order valence-electron chi connectivity index (χ2n) is 5.76. The smallest absolute Gasteiger partial charge is 0.108 e. The van der Waals surface area contributed by atoms with E-state index in [1.165, 1.54) is 5.56 Å². The van der Waals surface area contributed by atoms with Gasteiger partial charge in [-0.3, -0.25) is 10.2 Å². The van der Waals surface area contributed by atoms with Gasteiger partial charge in [0, 0.05) is 18.6 Å². The average molecular weight is 245 g/mol. The highest BCUT2D eigenvalue weighted by atomic mass is 15.1. The van der Waals surface area contributed by atoms with Crippen molar-refractivity contribution in [2.24, 2.45) is 0 Å². The van der Waals surface area contributed by atoms with Crippen LogP contribution in [0.2, 0.25) is 0 Å². The number of hydrogen-bond donors (Lipinski definition) is 1. The third kappa shape index (κ3) is 5.81. The summed E-state index contributed by atoms with van der Waals surface area (Å²) in [5.74, 6) is 0. The van der Waals surface area contributed by atoms with Gasteiger partial charge in [-0.1, -0.05) is 30.3 Å². The van der Waals surface area contributed by atoms with Gasteiger partial charge in [0.05, 0.1) is 6.07 Å². The van der Waals surface area contributed by atoms with Crippen LogP contribution in [0.1, 0.15) is 26.3 Å². The maximum atomic E-state index is 9.17. The molecule has 3 heteroatoms. The number of rotatable bonds is 5. The summed E-state index contributed by atoms with van der Waals surface area (Å²) < 4.78 is 0. The zero-order valence-corrected chi connectivity index (χ0v) is 11.8. The molecule has 0 spiro atoms. The first-order chi connectivity index (χ1) is 8.40. The van der Waals surface area contributed by atoms with Crippen molar-refractivity contribution in [3.63, 3.8) is 0 Å². The third-order valence-electron chi connectivity index (χ3n) is 2.55. The minimum absolute atomic E-state index is 0.0337. The van der Waals surface area contributed by atoms with Crippen molar-refractivity contribution in [3.05, 3.63) is 35.9 Å². The Balaban J connectivity index is 2.48. The van der Waals surface area contributed by atoms with Gasteiger partial charge in [-0.05, 0) is 33.4 Å². The van der Waals surface area contributed by atoms with Crippen molar-refractivity contribution < 1.29 is 0 Å². The molecule has 0 saturated carbocycles. The molecule has 0 amide bonds. The van der Waals surface area contributed by atoms with Crippen LogP contribution in [0.4, 0.5) is 0 Å². The lowest BCUT2D eigenvalue weighted by Crippen LogP contribution is -2.47. The molecule has 1 N–H and O–H groups in total. The molecule has 0 saturated heterocycles. The lowest BCUT2D eigenvalue weighted by atomic mass is 10.1. The number of nitrogens with zero attached hydrogens (tertiary/aromatic N) is 2. The standard InChI is InChI=1S/C15H23N3/c1-15(2,3)17-14(10-16)12-18(4)11-13-8-6-5-7-9-13/h5-9,14,17H,11-12H2,1-4H3. The van der Waals surface area contributed by atoms with Crippen LogP contribution in [0.3, 0.4) is 0 Å². The molecule has 0 fully saturated rings. The molecule has 1 atom stereocenters. The van der Waals surface area contributed by atoms with Crippen LogP contribution in [-0.2, 0) is 6.54 Å². The summed E-state index contributed by atoms with van der Waals surface area (Å²) >= 11 is 0. The molecule has 0 aliphatic heterocycles. The Bertz CT molecular complexity index is 386. The zero-order chi connectivity index (χ0) is 13.6. The number of nitrogens with one attached hydrogen (secondary N) is 1. The van der Waals surface area contributed by atoms with E-state index in [-0.39, 0.29) is 11.6 Å². The van der Waals surface area contributed by atoms with Crippen molar-refractivity contribution >= 4 is 0 Å². The fraction of sp³-hybridized carbons (Fsp3) is 0.533. The van der Waals surface area contributed by atoms with E-state index in [0.29, 0.717) is 0 Å². The predicted molar refractivity (Wildman–Crippen MR) is 75.1 cm³/mol. The fourth-order valence-electron chi connectivity index (χ4n) is 1.91. The Kier molecular flexibility index (Phi) is 5.33. The van der Waals surface area contributed by atoms with E-state index in [1.807, 2.05) is 25.2 Å². The summed E-state index contributed by atoms with van der Waals surface area (Å²) in [4.78, 5) is 2.17. The van der Waals surface area contributed by atoms with E-state index < -0.39 is 0 Å². The normalized spacial score (nSPS) is 13.3. The van der Waals surface area contributed by atoms with Crippen LogP contribution in [0.15, 0.2) is 30.3 Å². The molecule has 0 bridgehead atoms. The molecule has 0 aliphatic carbocycles. The lowest BCUT2D eigenvalue weighted by Gasteiger charge is -2.27. The highest BCUT2D eigenvalue weighted by Gasteiger charge is 2.18. The fourth-order valence-corrected chi connectivity index (χ4v) is 1.91. The SMILES string of the molecule is CN(Cc1ccccc1)CC(C#N)NC(C)(C)C. The van der Waals surface area contributed by atoms with E-state index in [2.05, 4.69) is 49.2 Å². The maximum Gasteiger partial charge on any atom is 0.108 e. The summed E-state index contributed by atoms with van der Waals surface area (Å²) in [6.07, 6.45) is 0. The third-order valence-corrected chi connectivity index (χ3v) is 2.55. The average Bonchev–Trinajstić information content (AvgIpc) is 2.27. The minimum Gasteiger partial charge on any atom is -0.299 e. The topological polar surface area (TPSA) is 39.1 Å². The summed E-state index contributed by atoms with van der Waals surface area (Å²) in [7, 11) is 2.04. The van der Waals surface area contributed by atoms with Crippen LogP contribution >= 0.6 is 0 Å². The molecule has 0 heterocycles. The summed E-state index contributed by atoms with van der Waals surface area (Å²) in [5, 5.41) is 12.5. The molecular weight excluding hydrogens is 222 g/mol. The van der Waals surface area contributed by atoms with E-state index in [0.717, 1.165) is 13.1 Å². The molecular formula is C15H23N3. The quantitative estimate of drug-likeness (QED) is 0.866. The maximum absolute atomic E-state index is 9.17. The molecule has 98 valence electrons. The highest BCUT2D eigenvalue weighted by molar-refractivity contribution is 5.14. The monoisotopic (exact) mass is 245 g/mol. The van der Waals surface area contributed by atoms with Gasteiger partial charge in [0.25, 0.3) is 0 Å². The molecule has 1 aromatic rings. The van der Waals surface area contributed by atoms with Gasteiger partial charge in [-0.2, -0.15) is 5.26 Å². The Morgan fingerprint density at radius 2 is 1.89 bits per heavy atom. The summed E-state index contributed by atoms with van der Waals surface area (Å²) in [6, 6.07) is 12.5. The van der Waals surface area contributed by atoms with Crippen LogP contribution in [-0.4, -0.2) is 30.1 Å². The second kappa shape index (κ2) is 6.53. The van der Waals surface area contributed by atoms with Crippen molar-refractivity contribution in [1.82, 2.24) is 10.2 Å². The van der Waals surface area contributed by atoms with E-state index in [1.54, 1.807) is 0 Å². The first kappa shape index (κ1) is 14.7. The van der Waals surface area contributed by atoms with E-state index >= 15 is 0 Å². The van der Waals surface area contributed by atoms with Gasteiger partial charge in [0.2, 0.25) is 0 Å². The van der Waals surface area contributed by atoms with Gasteiger partial charge in [0.15, 0.2) is 0 Å². The van der Waals surface area contributed by atoms with Gasteiger partial charge in [-0.15, -0.1) is 0 Å². The molecule has 1 unspecified atom stereocenters. The zero-order valence-electron chi connectivity index (χ0n) is 11.8. The van der Waals surface area contributed by atoms with E-state index in [4.69, 9.17) is 5.26 Å². The minimum atomic E-state index is -0.140. The largest absolute Gasteiger partial charge is 0.299 e. The first-order valence-corrected chi connectivity index (χ1v) is 6.30. The lowest BCUT2D eigenvalue weighted by molar-refractivity contribution is 0.276. The highest BCUT2D eigenvalue weighted by Crippen LogP contribution is 2.05. The first-order valence-electron chi connectivity index (χ1n) is 6.30. The number of likely N-dealkylation sites (N-methyl/N-ethyl adjacent to an activating group) is 1. The number of benzene rings is 1. The Morgan fingerprint density at radius 3 is 2.39 bits per heavy atom. The molecule has 1 aromatic carbocycles. The van der Waals surface area contributed by atoms with Crippen molar-refractivity contribution in [1.29, 1.82) is 5.26 Å². The van der Waals surface area contributed by atoms with E-state index in [9.17, 15) is 0 Å². The summed E-state index contributed by atoms with van der Waals surface area (Å²) in [5.41, 5.74) is 1.24. The molecule has 0 radical (unpaired) electrons. The molecule has 0 aliphatic rings. The number of hydrogen-bond acceptors (Lipinski definition) is 3. The Hall–Kier alpha value is -1.37. The van der Waals surface area contributed by atoms with Crippen LogP contribution < -0.4 is 5.32 Å². The van der Waals surface area contributed by atoms with Gasteiger partial charge in [-0.25, -0.2) is 0 Å².